The van der Waals surface area contributed by atoms with Crippen LogP contribution in [0.3, 0.4) is 0 Å². The Bertz CT molecular complexity index is 1130. The van der Waals surface area contributed by atoms with E-state index in [1.165, 1.54) is 9.91 Å². The summed E-state index contributed by atoms with van der Waals surface area (Å²) >= 11 is 0. The smallest absolute Gasteiger partial charge is 0.272 e. The molecule has 7 nitrogen and oxygen atoms in total. The van der Waals surface area contributed by atoms with Gasteiger partial charge in [0.25, 0.3) is 23.6 Å². The van der Waals surface area contributed by atoms with Gasteiger partial charge >= 0.3 is 0 Å². The summed E-state index contributed by atoms with van der Waals surface area (Å²) in [6.07, 6.45) is 7.87. The zero-order valence-corrected chi connectivity index (χ0v) is 19.9. The van der Waals surface area contributed by atoms with Crippen LogP contribution in [0, 0.1) is 0 Å². The van der Waals surface area contributed by atoms with E-state index in [1.54, 1.807) is 24.3 Å². The van der Waals surface area contributed by atoms with Crippen LogP contribution in [0.5, 0.6) is 0 Å². The number of hydrogen-bond donors (Lipinski definition) is 0. The van der Waals surface area contributed by atoms with Crippen molar-refractivity contribution >= 4 is 34.4 Å². The fourth-order valence-corrected chi connectivity index (χ4v) is 5.61. The Kier molecular flexibility index (Phi) is 5.98. The molecule has 34 heavy (non-hydrogen) atoms. The van der Waals surface area contributed by atoms with Crippen LogP contribution < -0.4 is 0 Å². The molecule has 3 heterocycles. The van der Waals surface area contributed by atoms with Crippen molar-refractivity contribution in [2.45, 2.75) is 71.3 Å². The molecule has 2 aromatic carbocycles. The van der Waals surface area contributed by atoms with Gasteiger partial charge in [-0.3, -0.25) is 24.1 Å². The molecule has 1 unspecified atom stereocenters. The molecule has 1 saturated heterocycles. The van der Waals surface area contributed by atoms with E-state index in [4.69, 9.17) is 0 Å². The van der Waals surface area contributed by atoms with Crippen LogP contribution >= 0.6 is 0 Å². The van der Waals surface area contributed by atoms with Crippen molar-refractivity contribution in [2.24, 2.45) is 0 Å². The number of imide groups is 2. The molecule has 0 aliphatic carbocycles. The number of unbranched alkanes of at least 4 members (excludes halogenated alkanes) is 2. The average molecular weight is 462 g/mol. The van der Waals surface area contributed by atoms with Crippen molar-refractivity contribution in [1.29, 1.82) is 0 Å². The highest BCUT2D eigenvalue weighted by Gasteiger charge is 2.42. The van der Waals surface area contributed by atoms with Gasteiger partial charge in [0.1, 0.15) is 0 Å². The quantitative estimate of drug-likeness (QED) is 0.457. The summed E-state index contributed by atoms with van der Waals surface area (Å²) in [6.45, 7) is 5.35. The lowest BCUT2D eigenvalue weighted by atomic mass is 9.85. The summed E-state index contributed by atoms with van der Waals surface area (Å²) in [5.41, 5.74) is 1.54. The van der Waals surface area contributed by atoms with E-state index in [0.29, 0.717) is 46.1 Å². The van der Waals surface area contributed by atoms with Gasteiger partial charge in [-0.15, -0.1) is 0 Å². The van der Waals surface area contributed by atoms with Gasteiger partial charge in [0.15, 0.2) is 0 Å². The minimum absolute atomic E-state index is 0.219. The summed E-state index contributed by atoms with van der Waals surface area (Å²) < 4.78 is 0. The molecule has 5 rings (SSSR count). The molecular weight excluding hydrogens is 430 g/mol. The van der Waals surface area contributed by atoms with Crippen molar-refractivity contribution in [3.63, 3.8) is 0 Å². The highest BCUT2D eigenvalue weighted by atomic mass is 16.2. The summed E-state index contributed by atoms with van der Waals surface area (Å²) in [4.78, 5) is 55.3. The third kappa shape index (κ3) is 3.45. The highest BCUT2D eigenvalue weighted by Crippen LogP contribution is 2.39. The second-order valence-corrected chi connectivity index (χ2v) is 9.69. The predicted molar refractivity (Wildman–Crippen MR) is 129 cm³/mol. The molecule has 0 bridgehead atoms. The van der Waals surface area contributed by atoms with Crippen LogP contribution in [-0.4, -0.2) is 57.7 Å². The van der Waals surface area contributed by atoms with Gasteiger partial charge in [-0.1, -0.05) is 39.0 Å². The van der Waals surface area contributed by atoms with E-state index in [1.807, 2.05) is 11.9 Å². The highest BCUT2D eigenvalue weighted by molar-refractivity contribution is 6.33. The largest absolute Gasteiger partial charge is 0.276 e. The molecule has 2 aromatic rings. The topological polar surface area (TPSA) is 78.0 Å². The lowest BCUT2D eigenvalue weighted by Gasteiger charge is -2.37. The number of amides is 4. The zero-order chi connectivity index (χ0) is 24.0. The van der Waals surface area contributed by atoms with Crippen molar-refractivity contribution in [2.75, 3.05) is 13.1 Å². The number of hydrazine groups is 1. The van der Waals surface area contributed by atoms with E-state index in [9.17, 15) is 19.2 Å². The summed E-state index contributed by atoms with van der Waals surface area (Å²) in [6, 6.07) is 6.39. The number of nitrogens with zero attached hydrogens (tertiary/aromatic N) is 3. The van der Waals surface area contributed by atoms with Gasteiger partial charge < -0.3 is 0 Å². The number of rotatable bonds is 6. The van der Waals surface area contributed by atoms with Crippen LogP contribution in [-0.2, 0) is 0 Å². The van der Waals surface area contributed by atoms with Crippen molar-refractivity contribution in [3.8, 4) is 0 Å². The first kappa shape index (κ1) is 22.7. The van der Waals surface area contributed by atoms with Crippen LogP contribution in [0.1, 0.15) is 107 Å². The van der Waals surface area contributed by atoms with Crippen LogP contribution in [0.25, 0.3) is 10.8 Å². The van der Waals surface area contributed by atoms with Gasteiger partial charge in [-0.25, -0.2) is 10.0 Å². The SMILES string of the molecule is CCCCCC(C)N1C(=O)c2ccc3c4c(ccc(c24)C1=O)C(=O)N(N1CCCCCC1)C3=O. The number of hydrogen-bond acceptors (Lipinski definition) is 5. The van der Waals surface area contributed by atoms with E-state index in [-0.39, 0.29) is 29.7 Å². The third-order valence-electron chi connectivity index (χ3n) is 7.44. The molecule has 0 radical (unpaired) electrons. The molecule has 0 aromatic heterocycles. The average Bonchev–Trinajstić information content (AvgIpc) is 3.11. The predicted octanol–water partition coefficient (Wildman–Crippen LogP) is 4.79. The van der Waals surface area contributed by atoms with E-state index < -0.39 is 0 Å². The lowest BCUT2D eigenvalue weighted by Crippen LogP contribution is -2.52. The molecule has 0 spiro atoms. The molecule has 7 heteroatoms. The maximum Gasteiger partial charge on any atom is 0.276 e. The summed E-state index contributed by atoms with van der Waals surface area (Å²) in [5, 5.41) is 4.02. The van der Waals surface area contributed by atoms with E-state index in [0.717, 1.165) is 51.4 Å². The first-order valence-electron chi connectivity index (χ1n) is 12.6. The first-order valence-corrected chi connectivity index (χ1v) is 12.6. The molecule has 0 saturated carbocycles. The lowest BCUT2D eigenvalue weighted by molar-refractivity contribution is -0.00195. The number of benzene rings is 2. The fraction of sp³-hybridized carbons (Fsp3) is 0.481. The molecule has 1 atom stereocenters. The Morgan fingerprint density at radius 1 is 0.706 bits per heavy atom. The Morgan fingerprint density at radius 2 is 1.18 bits per heavy atom. The standard InChI is InChI=1S/C27H31N3O4/c1-3-4-7-10-17(2)29-24(31)18-11-13-20-23-21(14-12-19(22(18)23)25(29)32)27(34)30(26(20)33)28-15-8-5-6-9-16-28/h11-14,17H,3-10,15-16H2,1-2H3. The fourth-order valence-electron chi connectivity index (χ4n) is 5.61. The normalized spacial score (nSPS) is 19.7. The molecular formula is C27H31N3O4. The number of carbonyl (C=O) groups excluding carboxylic acids is 4. The maximum absolute atomic E-state index is 13.5. The van der Waals surface area contributed by atoms with Crippen molar-refractivity contribution in [1.82, 2.24) is 14.9 Å². The van der Waals surface area contributed by atoms with Crippen molar-refractivity contribution < 1.29 is 19.2 Å². The van der Waals surface area contributed by atoms with E-state index in [2.05, 4.69) is 6.92 Å². The Hall–Kier alpha value is -3.06. The molecule has 3 aliphatic rings. The zero-order valence-electron chi connectivity index (χ0n) is 19.9. The van der Waals surface area contributed by atoms with Crippen LogP contribution in [0.4, 0.5) is 0 Å². The molecule has 1 fully saturated rings. The van der Waals surface area contributed by atoms with Gasteiger partial charge in [0.05, 0.1) is 11.1 Å². The van der Waals surface area contributed by atoms with Crippen molar-refractivity contribution in [3.05, 3.63) is 46.5 Å². The van der Waals surface area contributed by atoms with Gasteiger partial charge in [0.2, 0.25) is 0 Å². The molecule has 178 valence electrons. The minimum atomic E-state index is -0.377. The van der Waals surface area contributed by atoms with Crippen LogP contribution in [0.2, 0.25) is 0 Å². The van der Waals surface area contributed by atoms with Gasteiger partial charge in [-0.05, 0) is 50.5 Å². The third-order valence-corrected chi connectivity index (χ3v) is 7.44. The molecule has 4 amide bonds. The summed E-state index contributed by atoms with van der Waals surface area (Å²) in [5.74, 6) is -1.45. The second-order valence-electron chi connectivity index (χ2n) is 9.69. The second kappa shape index (κ2) is 8.95. The van der Waals surface area contributed by atoms with Gasteiger partial charge in [-0.2, -0.15) is 0 Å². The minimum Gasteiger partial charge on any atom is -0.272 e. The van der Waals surface area contributed by atoms with Gasteiger partial charge in [0, 0.05) is 41.0 Å². The maximum atomic E-state index is 13.5. The Balaban J connectivity index is 1.58. The first-order chi connectivity index (χ1) is 16.5. The Morgan fingerprint density at radius 3 is 1.65 bits per heavy atom. The monoisotopic (exact) mass is 461 g/mol. The summed E-state index contributed by atoms with van der Waals surface area (Å²) in [7, 11) is 0. The van der Waals surface area contributed by atoms with Crippen LogP contribution in [0.15, 0.2) is 24.3 Å². The number of carbonyl (C=O) groups is 4. The Labute approximate surface area is 199 Å². The van der Waals surface area contributed by atoms with E-state index >= 15 is 0 Å². The molecule has 0 N–H and O–H groups in total. The molecule has 3 aliphatic heterocycles.